The Morgan fingerprint density at radius 2 is 2.19 bits per heavy atom. The smallest absolute Gasteiger partial charge is 0.120 e. The number of hydrogen-bond acceptors (Lipinski definition) is 2. The van der Waals surface area contributed by atoms with Crippen LogP contribution >= 0.6 is 15.9 Å². The lowest BCUT2D eigenvalue weighted by Gasteiger charge is -2.25. The molecule has 16 heavy (non-hydrogen) atoms. The summed E-state index contributed by atoms with van der Waals surface area (Å²) in [7, 11) is 0. The first-order chi connectivity index (χ1) is 7.65. The zero-order valence-electron chi connectivity index (χ0n) is 9.58. The summed E-state index contributed by atoms with van der Waals surface area (Å²) in [6, 6.07) is 6.13. The fourth-order valence-corrected chi connectivity index (χ4v) is 2.29. The molecule has 1 fully saturated rings. The maximum absolute atomic E-state index is 5.87. The Morgan fingerprint density at radius 1 is 1.44 bits per heavy atom. The zero-order chi connectivity index (χ0) is 11.5. The number of hydrogen-bond donors (Lipinski definition) is 1. The second-order valence-electron chi connectivity index (χ2n) is 4.62. The molecule has 0 amide bonds. The molecule has 0 radical (unpaired) electrons. The first-order valence-electron chi connectivity index (χ1n) is 5.84. The van der Waals surface area contributed by atoms with Crippen molar-refractivity contribution in [2.24, 2.45) is 11.7 Å². The third kappa shape index (κ3) is 2.98. The van der Waals surface area contributed by atoms with E-state index in [-0.39, 0.29) is 6.04 Å². The molecule has 1 unspecified atom stereocenters. The van der Waals surface area contributed by atoms with Gasteiger partial charge in [0.15, 0.2) is 0 Å². The summed E-state index contributed by atoms with van der Waals surface area (Å²) >= 11 is 3.48. The first-order valence-corrected chi connectivity index (χ1v) is 6.63. The molecule has 0 bridgehead atoms. The molecule has 0 aromatic heterocycles. The van der Waals surface area contributed by atoms with Gasteiger partial charge in [-0.3, -0.25) is 0 Å². The fraction of sp³-hybridized carbons (Fsp3) is 0.538. The minimum atomic E-state index is 0.0450. The van der Waals surface area contributed by atoms with Gasteiger partial charge in [0, 0.05) is 10.5 Å². The maximum atomic E-state index is 5.87. The summed E-state index contributed by atoms with van der Waals surface area (Å²) in [5.41, 5.74) is 6.98. The molecular formula is C13H18BrNO. The Kier molecular flexibility index (Phi) is 3.87. The van der Waals surface area contributed by atoms with Gasteiger partial charge in [-0.1, -0.05) is 22.4 Å². The number of rotatable bonds is 4. The average Bonchev–Trinajstić information content (AvgIpc) is 2.14. The second kappa shape index (κ2) is 5.19. The van der Waals surface area contributed by atoms with E-state index in [9.17, 15) is 0 Å². The molecule has 1 aromatic carbocycles. The number of halogens is 1. The first kappa shape index (κ1) is 11.9. The second-order valence-corrected chi connectivity index (χ2v) is 5.53. The van der Waals surface area contributed by atoms with Gasteiger partial charge in [0.2, 0.25) is 0 Å². The SMILES string of the molecule is CC(N)c1cc(Br)cc(OCC2CCC2)c1. The highest BCUT2D eigenvalue weighted by molar-refractivity contribution is 9.10. The van der Waals surface area contributed by atoms with Crippen LogP contribution in [0.4, 0.5) is 0 Å². The standard InChI is InChI=1S/C13H18BrNO/c1-9(15)11-5-12(14)7-13(6-11)16-8-10-3-2-4-10/h5-7,9-10H,2-4,8,15H2,1H3. The van der Waals surface area contributed by atoms with Crippen LogP contribution in [0.3, 0.4) is 0 Å². The molecule has 1 aliphatic carbocycles. The van der Waals surface area contributed by atoms with Gasteiger partial charge in [-0.05, 0) is 49.4 Å². The highest BCUT2D eigenvalue weighted by Crippen LogP contribution is 2.29. The summed E-state index contributed by atoms with van der Waals surface area (Å²) in [6.45, 7) is 2.83. The topological polar surface area (TPSA) is 35.2 Å². The van der Waals surface area contributed by atoms with Crippen molar-refractivity contribution in [2.75, 3.05) is 6.61 Å². The molecule has 1 aromatic rings. The molecule has 2 rings (SSSR count). The van der Waals surface area contributed by atoms with Crippen LogP contribution in [-0.2, 0) is 0 Å². The van der Waals surface area contributed by atoms with E-state index in [4.69, 9.17) is 10.5 Å². The molecule has 2 N–H and O–H groups in total. The summed E-state index contributed by atoms with van der Waals surface area (Å²) in [4.78, 5) is 0. The number of nitrogens with two attached hydrogens (primary N) is 1. The predicted octanol–water partition coefficient (Wildman–Crippen LogP) is 3.65. The lowest BCUT2D eigenvalue weighted by Crippen LogP contribution is -2.19. The molecular weight excluding hydrogens is 266 g/mol. The van der Waals surface area contributed by atoms with Crippen molar-refractivity contribution < 1.29 is 4.74 Å². The van der Waals surface area contributed by atoms with Crippen LogP contribution in [0.1, 0.15) is 37.8 Å². The molecule has 1 saturated carbocycles. The minimum Gasteiger partial charge on any atom is -0.493 e. The largest absolute Gasteiger partial charge is 0.493 e. The summed E-state index contributed by atoms with van der Waals surface area (Å²) < 4.78 is 6.83. The van der Waals surface area contributed by atoms with Gasteiger partial charge in [-0.15, -0.1) is 0 Å². The number of ether oxygens (including phenoxy) is 1. The Hall–Kier alpha value is -0.540. The third-order valence-corrected chi connectivity index (χ3v) is 3.59. The summed E-state index contributed by atoms with van der Waals surface area (Å²) in [5, 5.41) is 0. The van der Waals surface area contributed by atoms with Crippen molar-refractivity contribution >= 4 is 15.9 Å². The van der Waals surface area contributed by atoms with E-state index in [0.717, 1.165) is 28.3 Å². The monoisotopic (exact) mass is 283 g/mol. The van der Waals surface area contributed by atoms with Crippen LogP contribution in [0.2, 0.25) is 0 Å². The van der Waals surface area contributed by atoms with E-state index in [1.54, 1.807) is 0 Å². The van der Waals surface area contributed by atoms with Gasteiger partial charge < -0.3 is 10.5 Å². The summed E-state index contributed by atoms with van der Waals surface area (Å²) in [5.74, 6) is 1.69. The van der Waals surface area contributed by atoms with Gasteiger partial charge in [-0.25, -0.2) is 0 Å². The van der Waals surface area contributed by atoms with E-state index in [2.05, 4.69) is 15.9 Å². The highest BCUT2D eigenvalue weighted by Gasteiger charge is 2.18. The Morgan fingerprint density at radius 3 is 2.75 bits per heavy atom. The molecule has 3 heteroatoms. The van der Waals surface area contributed by atoms with E-state index in [1.165, 1.54) is 19.3 Å². The van der Waals surface area contributed by atoms with Crippen LogP contribution in [0.15, 0.2) is 22.7 Å². The van der Waals surface area contributed by atoms with Crippen LogP contribution < -0.4 is 10.5 Å². The third-order valence-electron chi connectivity index (χ3n) is 3.13. The van der Waals surface area contributed by atoms with Crippen molar-refractivity contribution in [3.8, 4) is 5.75 Å². The minimum absolute atomic E-state index is 0.0450. The molecule has 2 nitrogen and oxygen atoms in total. The quantitative estimate of drug-likeness (QED) is 0.916. The van der Waals surface area contributed by atoms with Gasteiger partial charge >= 0.3 is 0 Å². The van der Waals surface area contributed by atoms with Crippen molar-refractivity contribution in [1.29, 1.82) is 0 Å². The molecule has 0 saturated heterocycles. The molecule has 0 aliphatic heterocycles. The van der Waals surface area contributed by atoms with E-state index in [0.29, 0.717) is 0 Å². The van der Waals surface area contributed by atoms with Crippen LogP contribution in [-0.4, -0.2) is 6.61 Å². The average molecular weight is 284 g/mol. The summed E-state index contributed by atoms with van der Waals surface area (Å²) in [6.07, 6.45) is 3.99. The normalized spacial score (nSPS) is 17.9. The van der Waals surface area contributed by atoms with Gasteiger partial charge in [0.25, 0.3) is 0 Å². The molecule has 1 aliphatic rings. The predicted molar refractivity (Wildman–Crippen MR) is 69.6 cm³/mol. The molecule has 0 spiro atoms. The van der Waals surface area contributed by atoms with Gasteiger partial charge in [0.05, 0.1) is 6.61 Å². The van der Waals surface area contributed by atoms with E-state index < -0.39 is 0 Å². The number of benzene rings is 1. The lowest BCUT2D eigenvalue weighted by molar-refractivity contribution is 0.180. The van der Waals surface area contributed by atoms with E-state index in [1.807, 2.05) is 25.1 Å². The Bertz CT molecular complexity index is 361. The molecule has 1 atom stereocenters. The lowest BCUT2D eigenvalue weighted by atomic mass is 9.86. The molecule has 88 valence electrons. The zero-order valence-corrected chi connectivity index (χ0v) is 11.2. The van der Waals surface area contributed by atoms with Crippen LogP contribution in [0.25, 0.3) is 0 Å². The van der Waals surface area contributed by atoms with Crippen molar-refractivity contribution in [2.45, 2.75) is 32.2 Å². The van der Waals surface area contributed by atoms with Crippen molar-refractivity contribution in [3.63, 3.8) is 0 Å². The highest BCUT2D eigenvalue weighted by atomic mass is 79.9. The van der Waals surface area contributed by atoms with E-state index >= 15 is 0 Å². The van der Waals surface area contributed by atoms with Crippen molar-refractivity contribution in [3.05, 3.63) is 28.2 Å². The van der Waals surface area contributed by atoms with Crippen molar-refractivity contribution in [1.82, 2.24) is 0 Å². The maximum Gasteiger partial charge on any atom is 0.120 e. The Balaban J connectivity index is 2.01. The fourth-order valence-electron chi connectivity index (χ4n) is 1.80. The van der Waals surface area contributed by atoms with Gasteiger partial charge in [0.1, 0.15) is 5.75 Å². The van der Waals surface area contributed by atoms with Crippen LogP contribution in [0, 0.1) is 5.92 Å². The van der Waals surface area contributed by atoms with Crippen LogP contribution in [0.5, 0.6) is 5.75 Å². The molecule has 0 heterocycles. The van der Waals surface area contributed by atoms with Gasteiger partial charge in [-0.2, -0.15) is 0 Å². The Labute approximate surface area is 105 Å².